The number of halogens is 1. The molecule has 2 aromatic carbocycles. The van der Waals surface area contributed by atoms with Gasteiger partial charge in [0.2, 0.25) is 0 Å². The van der Waals surface area contributed by atoms with Crippen molar-refractivity contribution in [2.45, 2.75) is 13.3 Å². The van der Waals surface area contributed by atoms with Crippen LogP contribution in [-0.2, 0) is 6.42 Å². The van der Waals surface area contributed by atoms with Gasteiger partial charge in [0.1, 0.15) is 17.2 Å². The van der Waals surface area contributed by atoms with E-state index in [4.69, 9.17) is 0 Å². The van der Waals surface area contributed by atoms with Gasteiger partial charge in [-0.05, 0) is 54.4 Å². The van der Waals surface area contributed by atoms with Gasteiger partial charge in [0.05, 0.1) is 5.69 Å². The summed E-state index contributed by atoms with van der Waals surface area (Å²) in [5, 5.41) is 8.97. The number of aryl methyl sites for hydroxylation is 1. The highest BCUT2D eigenvalue weighted by Crippen LogP contribution is 2.32. The summed E-state index contributed by atoms with van der Waals surface area (Å²) in [7, 11) is 0. The average molecular weight is 344 g/mol. The zero-order valence-corrected chi connectivity index (χ0v) is 14.3. The topological polar surface area (TPSA) is 42.0 Å². The summed E-state index contributed by atoms with van der Waals surface area (Å²) in [5.74, 6) is 0.343. The smallest absolute Gasteiger partial charge is 0.187 e. The van der Waals surface area contributed by atoms with Gasteiger partial charge in [-0.3, -0.25) is 4.40 Å². The third-order valence-electron chi connectivity index (χ3n) is 4.25. The molecule has 0 bridgehead atoms. The molecular weight excluding hydrogens is 327 g/mol. The van der Waals surface area contributed by atoms with E-state index in [1.165, 1.54) is 12.1 Å². The molecule has 4 rings (SSSR count). The molecule has 0 amide bonds. The second kappa shape index (κ2) is 6.88. The van der Waals surface area contributed by atoms with Gasteiger partial charge in [0, 0.05) is 11.8 Å². The number of fused-ring (bicyclic) bond motifs is 1. The Hall–Kier alpha value is -3.34. The van der Waals surface area contributed by atoms with Crippen LogP contribution in [0.4, 0.5) is 15.9 Å². The van der Waals surface area contributed by atoms with E-state index in [1.54, 1.807) is 12.1 Å². The van der Waals surface area contributed by atoms with Crippen LogP contribution in [0.3, 0.4) is 0 Å². The monoisotopic (exact) mass is 344 g/mol. The lowest BCUT2D eigenvalue weighted by atomic mass is 10.1. The van der Waals surface area contributed by atoms with Crippen molar-refractivity contribution in [3.8, 4) is 11.3 Å². The maximum atomic E-state index is 13.3. The number of azo groups is 1. The zero-order valence-electron chi connectivity index (χ0n) is 14.3. The van der Waals surface area contributed by atoms with Gasteiger partial charge in [-0.15, -0.1) is 10.2 Å². The van der Waals surface area contributed by atoms with E-state index in [2.05, 4.69) is 22.1 Å². The Kier molecular flexibility index (Phi) is 4.27. The van der Waals surface area contributed by atoms with Crippen LogP contribution in [0.15, 0.2) is 83.2 Å². The molecule has 26 heavy (non-hydrogen) atoms. The molecule has 0 atom stereocenters. The first-order valence-electron chi connectivity index (χ1n) is 8.49. The van der Waals surface area contributed by atoms with Crippen LogP contribution in [0.25, 0.3) is 16.9 Å². The van der Waals surface area contributed by atoms with Gasteiger partial charge >= 0.3 is 0 Å². The molecule has 0 fully saturated rings. The molecule has 0 radical (unpaired) electrons. The molecule has 4 nitrogen and oxygen atoms in total. The van der Waals surface area contributed by atoms with Crippen molar-refractivity contribution in [1.29, 1.82) is 0 Å². The molecular formula is C21H17FN4. The van der Waals surface area contributed by atoms with Crippen molar-refractivity contribution >= 4 is 17.2 Å². The third-order valence-corrected chi connectivity index (χ3v) is 4.25. The summed E-state index contributed by atoms with van der Waals surface area (Å²) in [6, 6.07) is 19.9. The molecule has 2 heterocycles. The highest BCUT2D eigenvalue weighted by molar-refractivity contribution is 5.74. The maximum absolute atomic E-state index is 13.3. The Balaban J connectivity index is 1.86. The predicted molar refractivity (Wildman–Crippen MR) is 101 cm³/mol. The van der Waals surface area contributed by atoms with Crippen LogP contribution in [0, 0.1) is 5.82 Å². The fraction of sp³-hybridized carbons (Fsp3) is 0.0952. The number of hydrogen-bond acceptors (Lipinski definition) is 3. The Morgan fingerprint density at radius 1 is 0.923 bits per heavy atom. The highest BCUT2D eigenvalue weighted by Gasteiger charge is 2.14. The van der Waals surface area contributed by atoms with Crippen molar-refractivity contribution in [3.05, 3.63) is 84.3 Å². The van der Waals surface area contributed by atoms with E-state index in [0.29, 0.717) is 11.5 Å². The number of benzene rings is 2. The average Bonchev–Trinajstić information content (AvgIpc) is 3.05. The van der Waals surface area contributed by atoms with Crippen molar-refractivity contribution in [3.63, 3.8) is 0 Å². The number of imidazole rings is 1. The Labute approximate surface area is 150 Å². The molecule has 5 heteroatoms. The number of aromatic nitrogens is 2. The van der Waals surface area contributed by atoms with Crippen LogP contribution >= 0.6 is 0 Å². The summed E-state index contributed by atoms with van der Waals surface area (Å²) in [6.45, 7) is 2.09. The molecule has 0 aliphatic carbocycles. The molecule has 0 aliphatic rings. The van der Waals surface area contributed by atoms with Crippen molar-refractivity contribution in [2.75, 3.05) is 0 Å². The summed E-state index contributed by atoms with van der Waals surface area (Å²) in [5.41, 5.74) is 4.21. The Bertz CT molecular complexity index is 1080. The highest BCUT2D eigenvalue weighted by atomic mass is 19.1. The molecule has 0 N–H and O–H groups in total. The Morgan fingerprint density at radius 3 is 2.50 bits per heavy atom. The lowest BCUT2D eigenvalue weighted by Crippen LogP contribution is -1.83. The summed E-state index contributed by atoms with van der Waals surface area (Å²) >= 11 is 0. The minimum Gasteiger partial charge on any atom is -0.283 e. The van der Waals surface area contributed by atoms with Gasteiger partial charge in [-0.2, -0.15) is 0 Å². The molecule has 0 aliphatic heterocycles. The second-order valence-corrected chi connectivity index (χ2v) is 5.90. The summed E-state index contributed by atoms with van der Waals surface area (Å²) in [4.78, 5) is 4.65. The van der Waals surface area contributed by atoms with Crippen LogP contribution < -0.4 is 0 Å². The molecule has 0 spiro atoms. The third kappa shape index (κ3) is 2.99. The van der Waals surface area contributed by atoms with Crippen LogP contribution in [-0.4, -0.2) is 9.38 Å². The van der Waals surface area contributed by atoms with Gasteiger partial charge in [-0.1, -0.05) is 31.2 Å². The normalized spacial score (nSPS) is 11.5. The number of nitrogens with zero attached hydrogens (tertiary/aromatic N) is 4. The van der Waals surface area contributed by atoms with E-state index in [-0.39, 0.29) is 5.82 Å². The lowest BCUT2D eigenvalue weighted by molar-refractivity contribution is 0.628. The van der Waals surface area contributed by atoms with Gasteiger partial charge in [0.25, 0.3) is 0 Å². The van der Waals surface area contributed by atoms with Crippen LogP contribution in [0.5, 0.6) is 0 Å². The number of rotatable bonds is 4. The molecule has 0 saturated carbocycles. The van der Waals surface area contributed by atoms with E-state index >= 15 is 0 Å². The predicted octanol–water partition coefficient (Wildman–Crippen LogP) is 6.12. The van der Waals surface area contributed by atoms with Crippen LogP contribution in [0.2, 0.25) is 0 Å². The van der Waals surface area contributed by atoms with E-state index in [9.17, 15) is 4.39 Å². The molecule has 0 saturated heterocycles. The fourth-order valence-electron chi connectivity index (χ4n) is 2.89. The maximum Gasteiger partial charge on any atom is 0.187 e. The van der Waals surface area contributed by atoms with Crippen LogP contribution in [0.1, 0.15) is 12.5 Å². The quantitative estimate of drug-likeness (QED) is 0.411. The largest absolute Gasteiger partial charge is 0.283 e. The molecule has 2 aromatic heterocycles. The van der Waals surface area contributed by atoms with Crippen molar-refractivity contribution in [1.82, 2.24) is 9.38 Å². The van der Waals surface area contributed by atoms with E-state index < -0.39 is 0 Å². The first-order valence-corrected chi connectivity index (χ1v) is 8.49. The summed E-state index contributed by atoms with van der Waals surface area (Å²) < 4.78 is 15.2. The van der Waals surface area contributed by atoms with Gasteiger partial charge < -0.3 is 0 Å². The summed E-state index contributed by atoms with van der Waals surface area (Å²) in [6.07, 6.45) is 2.78. The van der Waals surface area contributed by atoms with Crippen molar-refractivity contribution < 1.29 is 4.39 Å². The fourth-order valence-corrected chi connectivity index (χ4v) is 2.89. The van der Waals surface area contributed by atoms with E-state index in [0.717, 1.165) is 28.9 Å². The van der Waals surface area contributed by atoms with Crippen molar-refractivity contribution in [2.24, 2.45) is 10.2 Å². The minimum absolute atomic E-state index is 0.280. The standard InChI is InChI=1S/C21H17FN4/c1-2-15-7-3-4-8-18(15)24-25-21-20(16-10-12-17(22)13-11-16)23-19-9-5-6-14-26(19)21/h3-14H,2H2,1H3. The first-order chi connectivity index (χ1) is 12.8. The minimum atomic E-state index is -0.280. The lowest BCUT2D eigenvalue weighted by Gasteiger charge is -2.02. The molecule has 128 valence electrons. The van der Waals surface area contributed by atoms with Gasteiger partial charge in [-0.25, -0.2) is 9.37 Å². The Morgan fingerprint density at radius 2 is 1.69 bits per heavy atom. The first kappa shape index (κ1) is 16.1. The molecule has 0 unspecified atom stereocenters. The second-order valence-electron chi connectivity index (χ2n) is 5.90. The molecule has 4 aromatic rings. The number of pyridine rings is 1. The van der Waals surface area contributed by atoms with E-state index in [1.807, 2.05) is 53.1 Å². The van der Waals surface area contributed by atoms with Gasteiger partial charge in [0.15, 0.2) is 5.82 Å². The SMILES string of the molecule is CCc1ccccc1N=Nc1c(-c2ccc(F)cc2)nc2ccccn12. The zero-order chi connectivity index (χ0) is 17.9. The number of hydrogen-bond donors (Lipinski definition) is 0.